The van der Waals surface area contributed by atoms with Crippen LogP contribution in [-0.2, 0) is 4.79 Å². The van der Waals surface area contributed by atoms with E-state index in [4.69, 9.17) is 0 Å². The van der Waals surface area contributed by atoms with Gasteiger partial charge >= 0.3 is 6.03 Å². The largest absolute Gasteiger partial charge is 0.355 e. The van der Waals surface area contributed by atoms with Crippen LogP contribution in [-0.4, -0.2) is 56.6 Å². The number of carbonyl (C=O) groups is 2. The van der Waals surface area contributed by atoms with Gasteiger partial charge < -0.3 is 20.9 Å². The van der Waals surface area contributed by atoms with E-state index in [0.29, 0.717) is 12.6 Å². The Morgan fingerprint density at radius 1 is 1.24 bits per heavy atom. The highest BCUT2D eigenvalue weighted by Gasteiger charge is 2.23. The first-order valence-electron chi connectivity index (χ1n) is 6.03. The van der Waals surface area contributed by atoms with Gasteiger partial charge in [0.15, 0.2) is 0 Å². The second-order valence-electron chi connectivity index (χ2n) is 4.61. The minimum absolute atomic E-state index is 0.0422. The lowest BCUT2D eigenvalue weighted by molar-refractivity contribution is -0.120. The summed E-state index contributed by atoms with van der Waals surface area (Å²) in [5.74, 6) is -0.144. The predicted molar refractivity (Wildman–Crippen MR) is 65.7 cm³/mol. The number of rotatable bonds is 7. The minimum atomic E-state index is -0.254. The van der Waals surface area contributed by atoms with E-state index in [1.54, 1.807) is 0 Å². The summed E-state index contributed by atoms with van der Waals surface area (Å²) in [7, 11) is 3.98. The van der Waals surface area contributed by atoms with Crippen LogP contribution >= 0.6 is 0 Å². The molecule has 0 saturated heterocycles. The van der Waals surface area contributed by atoms with Gasteiger partial charge in [0.05, 0.1) is 6.54 Å². The molecule has 0 bridgehead atoms. The molecule has 0 aliphatic heterocycles. The zero-order valence-corrected chi connectivity index (χ0v) is 10.6. The molecule has 1 rings (SSSR count). The van der Waals surface area contributed by atoms with E-state index in [1.165, 1.54) is 0 Å². The van der Waals surface area contributed by atoms with Gasteiger partial charge in [-0.3, -0.25) is 4.79 Å². The number of hydrogen-bond acceptors (Lipinski definition) is 3. The van der Waals surface area contributed by atoms with Crippen molar-refractivity contribution in [3.05, 3.63) is 0 Å². The molecule has 0 aromatic carbocycles. The summed E-state index contributed by atoms with van der Waals surface area (Å²) >= 11 is 0. The maximum Gasteiger partial charge on any atom is 0.315 e. The lowest BCUT2D eigenvalue weighted by Crippen LogP contribution is -2.43. The molecule has 98 valence electrons. The van der Waals surface area contributed by atoms with E-state index in [9.17, 15) is 9.59 Å². The molecule has 1 aliphatic rings. The smallest absolute Gasteiger partial charge is 0.315 e. The number of hydrogen-bond donors (Lipinski definition) is 3. The van der Waals surface area contributed by atoms with Gasteiger partial charge in [0.25, 0.3) is 0 Å². The molecule has 0 aromatic heterocycles. The van der Waals surface area contributed by atoms with E-state index in [1.807, 2.05) is 14.1 Å². The Kier molecular flexibility index (Phi) is 5.76. The van der Waals surface area contributed by atoms with Crippen molar-refractivity contribution in [2.24, 2.45) is 0 Å². The fraction of sp³-hybridized carbons (Fsp3) is 0.818. The van der Waals surface area contributed by atoms with Gasteiger partial charge in [-0.2, -0.15) is 0 Å². The first-order valence-corrected chi connectivity index (χ1v) is 6.03. The third-order valence-corrected chi connectivity index (χ3v) is 2.43. The zero-order valence-electron chi connectivity index (χ0n) is 10.6. The van der Waals surface area contributed by atoms with E-state index in [2.05, 4.69) is 20.9 Å². The molecular weight excluding hydrogens is 220 g/mol. The van der Waals surface area contributed by atoms with Crippen LogP contribution in [0.4, 0.5) is 4.79 Å². The zero-order chi connectivity index (χ0) is 12.7. The average molecular weight is 242 g/mol. The van der Waals surface area contributed by atoms with Crippen molar-refractivity contribution in [1.29, 1.82) is 0 Å². The Bertz CT molecular complexity index is 264. The van der Waals surface area contributed by atoms with E-state index in [0.717, 1.165) is 25.8 Å². The van der Waals surface area contributed by atoms with Crippen molar-refractivity contribution in [3.8, 4) is 0 Å². The van der Waals surface area contributed by atoms with Crippen LogP contribution in [0.2, 0.25) is 0 Å². The summed E-state index contributed by atoms with van der Waals surface area (Å²) in [6, 6.07) is 0.0640. The SMILES string of the molecule is CN(C)CCCNC(=O)CNC(=O)NC1CC1. The molecule has 0 radical (unpaired) electrons. The molecule has 3 N–H and O–H groups in total. The van der Waals surface area contributed by atoms with Gasteiger partial charge in [-0.15, -0.1) is 0 Å². The van der Waals surface area contributed by atoms with Crippen molar-refractivity contribution in [2.45, 2.75) is 25.3 Å². The molecule has 0 aromatic rings. The quantitative estimate of drug-likeness (QED) is 0.528. The molecule has 6 nitrogen and oxygen atoms in total. The summed E-state index contributed by atoms with van der Waals surface area (Å²) in [5.41, 5.74) is 0. The number of urea groups is 1. The monoisotopic (exact) mass is 242 g/mol. The third-order valence-electron chi connectivity index (χ3n) is 2.43. The maximum absolute atomic E-state index is 11.3. The van der Waals surface area contributed by atoms with Gasteiger partial charge in [0.1, 0.15) is 0 Å². The number of nitrogens with zero attached hydrogens (tertiary/aromatic N) is 1. The molecule has 1 saturated carbocycles. The van der Waals surface area contributed by atoms with Gasteiger partial charge in [-0.05, 0) is 39.9 Å². The van der Waals surface area contributed by atoms with Crippen molar-refractivity contribution in [3.63, 3.8) is 0 Å². The first kappa shape index (κ1) is 13.8. The summed E-state index contributed by atoms with van der Waals surface area (Å²) in [6.07, 6.45) is 3.00. The summed E-state index contributed by atoms with van der Waals surface area (Å²) in [5, 5.41) is 8.04. The molecule has 0 atom stereocenters. The second-order valence-corrected chi connectivity index (χ2v) is 4.61. The summed E-state index contributed by atoms with van der Waals surface area (Å²) in [6.45, 7) is 1.62. The fourth-order valence-corrected chi connectivity index (χ4v) is 1.31. The topological polar surface area (TPSA) is 73.5 Å². The van der Waals surface area contributed by atoms with Crippen LogP contribution in [0.25, 0.3) is 0 Å². The Morgan fingerprint density at radius 3 is 2.53 bits per heavy atom. The molecule has 1 aliphatic carbocycles. The number of amides is 3. The van der Waals surface area contributed by atoms with Gasteiger partial charge in [-0.1, -0.05) is 0 Å². The van der Waals surface area contributed by atoms with Crippen molar-refractivity contribution in [2.75, 3.05) is 33.7 Å². The lowest BCUT2D eigenvalue weighted by Gasteiger charge is -2.10. The molecule has 0 heterocycles. The third kappa shape index (κ3) is 7.57. The molecule has 0 spiro atoms. The summed E-state index contributed by atoms with van der Waals surface area (Å²) in [4.78, 5) is 24.6. The second kappa shape index (κ2) is 7.11. The minimum Gasteiger partial charge on any atom is -0.355 e. The van der Waals surface area contributed by atoms with Crippen LogP contribution in [0, 0.1) is 0 Å². The summed E-state index contributed by atoms with van der Waals surface area (Å²) < 4.78 is 0. The van der Waals surface area contributed by atoms with Crippen molar-refractivity contribution >= 4 is 11.9 Å². The normalized spacial score (nSPS) is 14.5. The highest BCUT2D eigenvalue weighted by atomic mass is 16.2. The Balaban J connectivity index is 1.94. The Labute approximate surface area is 102 Å². The first-order chi connectivity index (χ1) is 8.08. The number of nitrogens with one attached hydrogen (secondary N) is 3. The number of carbonyl (C=O) groups excluding carboxylic acids is 2. The van der Waals surface area contributed by atoms with Gasteiger partial charge in [-0.25, -0.2) is 4.79 Å². The van der Waals surface area contributed by atoms with Crippen molar-refractivity contribution in [1.82, 2.24) is 20.9 Å². The fourth-order valence-electron chi connectivity index (χ4n) is 1.31. The van der Waals surface area contributed by atoms with E-state index in [-0.39, 0.29) is 18.5 Å². The molecule has 17 heavy (non-hydrogen) atoms. The molecule has 0 unspecified atom stereocenters. The maximum atomic E-state index is 11.3. The van der Waals surface area contributed by atoms with Crippen LogP contribution < -0.4 is 16.0 Å². The van der Waals surface area contributed by atoms with Crippen LogP contribution in [0.5, 0.6) is 0 Å². The molecule has 6 heteroatoms. The highest BCUT2D eigenvalue weighted by molar-refractivity contribution is 5.84. The lowest BCUT2D eigenvalue weighted by atomic mass is 10.4. The molecule has 3 amide bonds. The molecule has 1 fully saturated rings. The Morgan fingerprint density at radius 2 is 1.94 bits per heavy atom. The predicted octanol–water partition coefficient (Wildman–Crippen LogP) is -0.484. The van der Waals surface area contributed by atoms with E-state index < -0.39 is 0 Å². The van der Waals surface area contributed by atoms with Gasteiger partial charge in [0.2, 0.25) is 5.91 Å². The molecular formula is C11H22N4O2. The van der Waals surface area contributed by atoms with Gasteiger partial charge in [0, 0.05) is 12.6 Å². The average Bonchev–Trinajstić information content (AvgIpc) is 3.05. The van der Waals surface area contributed by atoms with Crippen molar-refractivity contribution < 1.29 is 9.59 Å². The highest BCUT2D eigenvalue weighted by Crippen LogP contribution is 2.17. The standard InChI is InChI=1S/C11H22N4O2/c1-15(2)7-3-6-12-10(16)8-13-11(17)14-9-4-5-9/h9H,3-8H2,1-2H3,(H,12,16)(H2,13,14,17). The van der Waals surface area contributed by atoms with Crippen LogP contribution in [0.3, 0.4) is 0 Å². The Hall–Kier alpha value is -1.30. The van der Waals surface area contributed by atoms with Crippen LogP contribution in [0.1, 0.15) is 19.3 Å². The van der Waals surface area contributed by atoms with E-state index >= 15 is 0 Å². The van der Waals surface area contributed by atoms with Crippen LogP contribution in [0.15, 0.2) is 0 Å².